The highest BCUT2D eigenvalue weighted by molar-refractivity contribution is 5.80. The smallest absolute Gasteiger partial charge is 0.130 e. The van der Waals surface area contributed by atoms with Crippen LogP contribution >= 0.6 is 0 Å². The molecule has 2 aromatic heterocycles. The summed E-state index contributed by atoms with van der Waals surface area (Å²) in [6.45, 7) is 3.43. The molecule has 4 rings (SSSR count). The van der Waals surface area contributed by atoms with E-state index in [2.05, 4.69) is 59.1 Å². The lowest BCUT2D eigenvalue weighted by Crippen LogP contribution is -2.00. The van der Waals surface area contributed by atoms with Gasteiger partial charge in [-0.05, 0) is 60.3 Å². The molecule has 0 N–H and O–H groups in total. The Morgan fingerprint density at radius 2 is 1.92 bits per heavy atom. The third kappa shape index (κ3) is 3.56. The molecule has 0 atom stereocenters. The van der Waals surface area contributed by atoms with E-state index in [9.17, 15) is 0 Å². The van der Waals surface area contributed by atoms with E-state index < -0.39 is 0 Å². The molecule has 0 saturated carbocycles. The Bertz CT molecular complexity index is 989. The molecule has 3 nitrogen and oxygen atoms in total. The predicted octanol–water partition coefficient (Wildman–Crippen LogP) is 4.97. The monoisotopic (exact) mass is 328 g/mol. The minimum Gasteiger partial charge on any atom is -0.487 e. The molecule has 0 aliphatic rings. The van der Waals surface area contributed by atoms with Crippen molar-refractivity contribution in [2.24, 2.45) is 0 Å². The largest absolute Gasteiger partial charge is 0.487 e. The Balaban J connectivity index is 1.51. The summed E-state index contributed by atoms with van der Waals surface area (Å²) in [6.07, 6.45) is 3.93. The third-order valence-electron chi connectivity index (χ3n) is 4.29. The molecular weight excluding hydrogens is 308 g/mol. The van der Waals surface area contributed by atoms with Crippen molar-refractivity contribution in [3.63, 3.8) is 0 Å². The maximum absolute atomic E-state index is 5.88. The lowest BCUT2D eigenvalue weighted by atomic mass is 10.2. The SMILES string of the molecule is Cc1ccc2c(ccn2Cc2cccc(OCc3ccccn3)c2)c1. The normalized spacial score (nSPS) is 10.9. The van der Waals surface area contributed by atoms with Gasteiger partial charge in [0.2, 0.25) is 0 Å². The number of hydrogen-bond donors (Lipinski definition) is 0. The van der Waals surface area contributed by atoms with E-state index in [4.69, 9.17) is 4.74 Å². The molecule has 2 heterocycles. The highest BCUT2D eigenvalue weighted by Crippen LogP contribution is 2.21. The zero-order valence-electron chi connectivity index (χ0n) is 14.2. The van der Waals surface area contributed by atoms with Crippen molar-refractivity contribution >= 4 is 10.9 Å². The average molecular weight is 328 g/mol. The molecule has 4 aromatic rings. The van der Waals surface area contributed by atoms with Crippen LogP contribution in [0.3, 0.4) is 0 Å². The van der Waals surface area contributed by atoms with Crippen molar-refractivity contribution in [1.82, 2.24) is 9.55 Å². The number of rotatable bonds is 5. The minimum atomic E-state index is 0.482. The molecule has 0 aliphatic carbocycles. The standard InChI is InChI=1S/C22H20N2O/c1-17-8-9-22-19(13-17)10-12-24(22)15-18-5-4-7-21(14-18)25-16-20-6-2-3-11-23-20/h2-14H,15-16H2,1H3. The van der Waals surface area contributed by atoms with Crippen LogP contribution in [0.1, 0.15) is 16.8 Å². The summed E-state index contributed by atoms with van der Waals surface area (Å²) in [7, 11) is 0. The first-order chi connectivity index (χ1) is 12.3. The summed E-state index contributed by atoms with van der Waals surface area (Å²) < 4.78 is 8.15. The molecule has 0 radical (unpaired) electrons. The zero-order valence-corrected chi connectivity index (χ0v) is 14.2. The van der Waals surface area contributed by atoms with Crippen molar-refractivity contribution < 1.29 is 4.74 Å². The molecule has 2 aromatic carbocycles. The van der Waals surface area contributed by atoms with Gasteiger partial charge in [0.25, 0.3) is 0 Å². The fourth-order valence-electron chi connectivity index (χ4n) is 3.03. The van der Waals surface area contributed by atoms with Crippen LogP contribution in [0.4, 0.5) is 0 Å². The molecule has 0 saturated heterocycles. The molecule has 3 heteroatoms. The first-order valence-corrected chi connectivity index (χ1v) is 8.45. The van der Waals surface area contributed by atoms with Gasteiger partial charge in [0, 0.05) is 24.5 Å². The Labute approximate surface area is 147 Å². The zero-order chi connectivity index (χ0) is 17.1. The van der Waals surface area contributed by atoms with E-state index in [1.165, 1.54) is 22.0 Å². The van der Waals surface area contributed by atoms with Crippen LogP contribution in [0.5, 0.6) is 5.75 Å². The molecule has 0 bridgehead atoms. The average Bonchev–Trinajstić information content (AvgIpc) is 3.03. The molecule has 0 amide bonds. The number of pyridine rings is 1. The summed E-state index contributed by atoms with van der Waals surface area (Å²) in [5.41, 5.74) is 4.69. The molecule has 0 aliphatic heterocycles. The second kappa shape index (κ2) is 6.81. The van der Waals surface area contributed by atoms with Gasteiger partial charge in [0.1, 0.15) is 12.4 Å². The van der Waals surface area contributed by atoms with Gasteiger partial charge in [-0.1, -0.05) is 29.8 Å². The number of benzene rings is 2. The fourth-order valence-corrected chi connectivity index (χ4v) is 3.03. The van der Waals surface area contributed by atoms with Gasteiger partial charge >= 0.3 is 0 Å². The van der Waals surface area contributed by atoms with Gasteiger partial charge in [-0.3, -0.25) is 4.98 Å². The number of fused-ring (bicyclic) bond motifs is 1. The van der Waals surface area contributed by atoms with Crippen LogP contribution in [-0.4, -0.2) is 9.55 Å². The van der Waals surface area contributed by atoms with Gasteiger partial charge in [-0.25, -0.2) is 0 Å². The van der Waals surface area contributed by atoms with Crippen molar-refractivity contribution in [2.75, 3.05) is 0 Å². The van der Waals surface area contributed by atoms with Crippen LogP contribution in [0.2, 0.25) is 0 Å². The van der Waals surface area contributed by atoms with E-state index in [1.807, 2.05) is 30.3 Å². The van der Waals surface area contributed by atoms with Gasteiger partial charge < -0.3 is 9.30 Å². The maximum atomic E-state index is 5.88. The van der Waals surface area contributed by atoms with Crippen molar-refractivity contribution in [2.45, 2.75) is 20.1 Å². The van der Waals surface area contributed by atoms with E-state index in [0.717, 1.165) is 18.0 Å². The summed E-state index contributed by atoms with van der Waals surface area (Å²) in [5, 5.41) is 1.28. The lowest BCUT2D eigenvalue weighted by molar-refractivity contribution is 0.301. The first-order valence-electron chi connectivity index (χ1n) is 8.45. The Hall–Kier alpha value is -3.07. The third-order valence-corrected chi connectivity index (χ3v) is 4.29. The van der Waals surface area contributed by atoms with E-state index in [0.29, 0.717) is 6.61 Å². The molecule has 124 valence electrons. The molecular formula is C22H20N2O. The predicted molar refractivity (Wildman–Crippen MR) is 101 cm³/mol. The quantitative estimate of drug-likeness (QED) is 0.517. The second-order valence-electron chi connectivity index (χ2n) is 6.26. The second-order valence-corrected chi connectivity index (χ2v) is 6.26. The van der Waals surface area contributed by atoms with Crippen molar-refractivity contribution in [3.8, 4) is 5.75 Å². The number of aromatic nitrogens is 2. The number of hydrogen-bond acceptors (Lipinski definition) is 2. The number of nitrogens with zero attached hydrogens (tertiary/aromatic N) is 2. The summed E-state index contributed by atoms with van der Waals surface area (Å²) in [6, 6.07) is 22.9. The van der Waals surface area contributed by atoms with Crippen LogP contribution in [0.15, 0.2) is 79.1 Å². The highest BCUT2D eigenvalue weighted by atomic mass is 16.5. The number of aryl methyl sites for hydroxylation is 1. The summed E-state index contributed by atoms with van der Waals surface area (Å²) in [5.74, 6) is 0.871. The molecule has 0 unspecified atom stereocenters. The van der Waals surface area contributed by atoms with Gasteiger partial charge in [0.05, 0.1) is 5.69 Å². The summed E-state index contributed by atoms with van der Waals surface area (Å²) >= 11 is 0. The Morgan fingerprint density at radius 1 is 0.960 bits per heavy atom. The summed E-state index contributed by atoms with van der Waals surface area (Å²) in [4.78, 5) is 4.29. The van der Waals surface area contributed by atoms with Gasteiger partial charge in [-0.2, -0.15) is 0 Å². The van der Waals surface area contributed by atoms with Crippen LogP contribution in [0, 0.1) is 6.92 Å². The molecule has 0 spiro atoms. The van der Waals surface area contributed by atoms with Gasteiger partial charge in [0.15, 0.2) is 0 Å². The Kier molecular flexibility index (Phi) is 4.21. The lowest BCUT2D eigenvalue weighted by Gasteiger charge is -2.09. The first kappa shape index (κ1) is 15.5. The molecule has 0 fully saturated rings. The van der Waals surface area contributed by atoms with Crippen LogP contribution in [-0.2, 0) is 13.2 Å². The Morgan fingerprint density at radius 3 is 2.80 bits per heavy atom. The van der Waals surface area contributed by atoms with Crippen LogP contribution in [0.25, 0.3) is 10.9 Å². The minimum absolute atomic E-state index is 0.482. The fraction of sp³-hybridized carbons (Fsp3) is 0.136. The van der Waals surface area contributed by atoms with E-state index in [1.54, 1.807) is 6.20 Å². The van der Waals surface area contributed by atoms with E-state index in [-0.39, 0.29) is 0 Å². The number of ether oxygens (including phenoxy) is 1. The van der Waals surface area contributed by atoms with Crippen molar-refractivity contribution in [1.29, 1.82) is 0 Å². The maximum Gasteiger partial charge on any atom is 0.130 e. The topological polar surface area (TPSA) is 27.1 Å². The van der Waals surface area contributed by atoms with E-state index >= 15 is 0 Å². The van der Waals surface area contributed by atoms with Crippen molar-refractivity contribution in [3.05, 3.63) is 95.9 Å². The highest BCUT2D eigenvalue weighted by Gasteiger charge is 2.04. The van der Waals surface area contributed by atoms with Gasteiger partial charge in [-0.15, -0.1) is 0 Å². The molecule has 25 heavy (non-hydrogen) atoms. The van der Waals surface area contributed by atoms with Crippen LogP contribution < -0.4 is 4.74 Å².